The smallest absolute Gasteiger partial charge is 0.240 e. The second-order valence-electron chi connectivity index (χ2n) is 7.62. The summed E-state index contributed by atoms with van der Waals surface area (Å²) in [5.74, 6) is 0. The van der Waals surface area contributed by atoms with Crippen LogP contribution in [0.2, 0.25) is 0 Å². The molecule has 10 heteroatoms. The number of nitrogens with zero attached hydrogens (tertiary/aromatic N) is 2. The average molecular weight is 470 g/mol. The van der Waals surface area contributed by atoms with Gasteiger partial charge in [0.05, 0.1) is 16.7 Å². The summed E-state index contributed by atoms with van der Waals surface area (Å²) in [6.07, 6.45) is 8.25. The van der Waals surface area contributed by atoms with Crippen LogP contribution in [-0.2, 0) is 14.6 Å². The molecule has 1 aromatic carbocycles. The minimum Gasteiger partial charge on any atom is -0.360 e. The highest BCUT2D eigenvalue weighted by molar-refractivity contribution is 7.89. The number of sulfonamides is 1. The molecule has 3 aromatic rings. The molecule has 2 heterocycles. The zero-order chi connectivity index (χ0) is 23.5. The van der Waals surface area contributed by atoms with E-state index in [1.807, 2.05) is 6.92 Å². The maximum Gasteiger partial charge on any atom is 0.240 e. The molecule has 0 aliphatic heterocycles. The third-order valence-electron chi connectivity index (χ3n) is 4.90. The summed E-state index contributed by atoms with van der Waals surface area (Å²) >= 11 is 0. The average Bonchev–Trinajstić information content (AvgIpc) is 3.39. The topological polar surface area (TPSA) is 132 Å². The second kappa shape index (κ2) is 9.13. The van der Waals surface area contributed by atoms with Gasteiger partial charge in [-0.25, -0.2) is 13.1 Å². The predicted octanol–water partition coefficient (Wildman–Crippen LogP) is 1.64. The summed E-state index contributed by atoms with van der Waals surface area (Å²) in [7, 11) is -6.59. The standard InChI is InChI=1S/C22H24N5O3PS/c1-15(22-16(2)24-12-17(22)11-23)6-5-9-27-32(29,30)19-7-8-20(18-13-25-26-14-18)21(10-19)31(3,4)28/h5-8,10,12-14,24,27H,2,9H2,1,3-4H3,(H,25,26)/b6-5-,22-15+. The Bertz CT molecular complexity index is 1470. The van der Waals surface area contributed by atoms with Crippen molar-refractivity contribution in [3.05, 3.63) is 65.1 Å². The van der Waals surface area contributed by atoms with Gasteiger partial charge in [0, 0.05) is 40.4 Å². The first-order valence-corrected chi connectivity index (χ1v) is 13.8. The van der Waals surface area contributed by atoms with E-state index in [1.165, 1.54) is 12.1 Å². The lowest BCUT2D eigenvalue weighted by Gasteiger charge is -2.15. The van der Waals surface area contributed by atoms with Crippen molar-refractivity contribution in [3.63, 3.8) is 0 Å². The fourth-order valence-corrected chi connectivity index (χ4v) is 5.66. The molecule has 2 aromatic heterocycles. The lowest BCUT2D eigenvalue weighted by atomic mass is 10.1. The van der Waals surface area contributed by atoms with E-state index in [0.29, 0.717) is 27.0 Å². The molecule has 0 radical (unpaired) electrons. The number of allylic oxidation sites excluding steroid dienone is 1. The number of hydrogen-bond acceptors (Lipinski definition) is 5. The Morgan fingerprint density at radius 2 is 2.09 bits per heavy atom. The molecular formula is C22H24N5O3PS. The molecule has 0 fully saturated rings. The van der Waals surface area contributed by atoms with Crippen molar-refractivity contribution >= 4 is 34.6 Å². The third-order valence-corrected chi connectivity index (χ3v) is 7.86. The minimum atomic E-state index is -3.83. The molecule has 0 spiro atoms. The van der Waals surface area contributed by atoms with Gasteiger partial charge in [0.1, 0.15) is 13.2 Å². The van der Waals surface area contributed by atoms with Crippen LogP contribution in [0, 0.1) is 11.3 Å². The van der Waals surface area contributed by atoms with E-state index in [0.717, 1.165) is 11.1 Å². The van der Waals surface area contributed by atoms with Gasteiger partial charge in [-0.05, 0) is 43.5 Å². The highest BCUT2D eigenvalue weighted by Gasteiger charge is 2.22. The summed E-state index contributed by atoms with van der Waals surface area (Å²) in [6, 6.07) is 6.69. The van der Waals surface area contributed by atoms with Crippen LogP contribution in [0.3, 0.4) is 0 Å². The van der Waals surface area contributed by atoms with Crippen LogP contribution in [0.4, 0.5) is 0 Å². The molecule has 0 aliphatic rings. The van der Waals surface area contributed by atoms with E-state index >= 15 is 0 Å². The van der Waals surface area contributed by atoms with Crippen molar-refractivity contribution in [2.45, 2.75) is 11.8 Å². The molecule has 32 heavy (non-hydrogen) atoms. The molecule has 3 rings (SSSR count). The van der Waals surface area contributed by atoms with Crippen molar-refractivity contribution < 1.29 is 13.0 Å². The molecule has 0 unspecified atom stereocenters. The first-order valence-electron chi connectivity index (χ1n) is 9.67. The number of hydrogen-bond donors (Lipinski definition) is 3. The molecule has 166 valence electrons. The van der Waals surface area contributed by atoms with Crippen molar-refractivity contribution in [1.82, 2.24) is 19.9 Å². The predicted molar refractivity (Wildman–Crippen MR) is 127 cm³/mol. The van der Waals surface area contributed by atoms with E-state index in [9.17, 15) is 18.2 Å². The van der Waals surface area contributed by atoms with Crippen LogP contribution in [0.5, 0.6) is 0 Å². The number of rotatable bonds is 7. The zero-order valence-electron chi connectivity index (χ0n) is 18.0. The molecule has 0 saturated heterocycles. The second-order valence-corrected chi connectivity index (χ2v) is 12.6. The minimum absolute atomic E-state index is 0.0372. The number of benzene rings is 1. The van der Waals surface area contributed by atoms with Gasteiger partial charge in [-0.2, -0.15) is 10.4 Å². The van der Waals surface area contributed by atoms with E-state index < -0.39 is 17.2 Å². The summed E-state index contributed by atoms with van der Waals surface area (Å²) in [5.41, 5.74) is 2.68. The Labute approximate surface area is 186 Å². The Morgan fingerprint density at radius 1 is 1.34 bits per heavy atom. The first kappa shape index (κ1) is 23.5. The normalized spacial score (nSPS) is 13.3. The van der Waals surface area contributed by atoms with E-state index in [-0.39, 0.29) is 11.4 Å². The molecule has 0 bridgehead atoms. The Balaban J connectivity index is 1.85. The van der Waals surface area contributed by atoms with E-state index in [2.05, 4.69) is 32.6 Å². The highest BCUT2D eigenvalue weighted by Crippen LogP contribution is 2.39. The number of aromatic nitrogens is 3. The number of H-pyrrole nitrogens is 2. The van der Waals surface area contributed by atoms with Gasteiger partial charge >= 0.3 is 0 Å². The van der Waals surface area contributed by atoms with Crippen molar-refractivity contribution in [1.29, 1.82) is 5.26 Å². The van der Waals surface area contributed by atoms with Crippen molar-refractivity contribution in [3.8, 4) is 17.2 Å². The molecule has 3 N–H and O–H groups in total. The van der Waals surface area contributed by atoms with Crippen LogP contribution < -0.4 is 20.6 Å². The Kier molecular flexibility index (Phi) is 6.70. The number of aromatic amines is 2. The Hall–Kier alpha value is -3.18. The molecule has 8 nitrogen and oxygen atoms in total. The van der Waals surface area contributed by atoms with Crippen LogP contribution in [0.1, 0.15) is 12.5 Å². The van der Waals surface area contributed by atoms with Gasteiger partial charge in [0.2, 0.25) is 10.0 Å². The van der Waals surface area contributed by atoms with Crippen molar-refractivity contribution in [2.75, 3.05) is 19.9 Å². The summed E-state index contributed by atoms with van der Waals surface area (Å²) in [4.78, 5) is 2.95. The van der Waals surface area contributed by atoms with Gasteiger partial charge in [-0.15, -0.1) is 0 Å². The van der Waals surface area contributed by atoms with Gasteiger partial charge < -0.3 is 9.55 Å². The molecule has 0 atom stereocenters. The summed E-state index contributed by atoms with van der Waals surface area (Å²) < 4.78 is 41.0. The number of nitrogens with one attached hydrogen (secondary N) is 3. The van der Waals surface area contributed by atoms with Gasteiger partial charge in [-0.1, -0.05) is 24.8 Å². The zero-order valence-corrected chi connectivity index (χ0v) is 19.7. The van der Waals surface area contributed by atoms with E-state index in [1.54, 1.807) is 50.1 Å². The fourth-order valence-electron chi connectivity index (χ4n) is 3.33. The SMILES string of the molecule is C=c1[nH]cc(C#N)/c1=C(C)/C=C\CNS(=O)(=O)c1ccc(-c2cn[nH]c2)c(P(C)(C)=O)c1. The molecule has 0 aliphatic carbocycles. The molecule has 0 saturated carbocycles. The van der Waals surface area contributed by atoms with Crippen LogP contribution >= 0.6 is 7.14 Å². The molecule has 0 amide bonds. The monoisotopic (exact) mass is 469 g/mol. The summed E-state index contributed by atoms with van der Waals surface area (Å²) in [5, 5.41) is 17.6. The van der Waals surface area contributed by atoms with Crippen LogP contribution in [0.25, 0.3) is 23.3 Å². The largest absolute Gasteiger partial charge is 0.360 e. The highest BCUT2D eigenvalue weighted by atomic mass is 32.2. The van der Waals surface area contributed by atoms with Gasteiger partial charge in [0.15, 0.2) is 0 Å². The fraction of sp³-hybridized carbons (Fsp3) is 0.182. The first-order chi connectivity index (χ1) is 15.0. The lowest BCUT2D eigenvalue weighted by Crippen LogP contribution is -2.26. The van der Waals surface area contributed by atoms with E-state index in [4.69, 9.17) is 0 Å². The Morgan fingerprint density at radius 3 is 2.72 bits per heavy atom. The van der Waals surface area contributed by atoms with Crippen LogP contribution in [-0.4, -0.2) is 43.5 Å². The van der Waals surface area contributed by atoms with Crippen molar-refractivity contribution in [2.24, 2.45) is 0 Å². The third kappa shape index (κ3) is 5.00. The van der Waals surface area contributed by atoms with Gasteiger partial charge in [-0.3, -0.25) is 5.10 Å². The van der Waals surface area contributed by atoms with Gasteiger partial charge in [0.25, 0.3) is 0 Å². The molecular weight excluding hydrogens is 445 g/mol. The summed E-state index contributed by atoms with van der Waals surface area (Å²) in [6.45, 7) is 8.95. The number of nitriles is 1. The van der Waals surface area contributed by atoms with Crippen LogP contribution in [0.15, 0.2) is 53.8 Å². The lowest BCUT2D eigenvalue weighted by molar-refractivity contribution is 0.585. The maximum atomic E-state index is 12.8. The quantitative estimate of drug-likeness (QED) is 0.453. The maximum absolute atomic E-state index is 12.8.